The van der Waals surface area contributed by atoms with Crippen LogP contribution in [0.2, 0.25) is 0 Å². The number of aliphatic carboxylic acids is 1. The third kappa shape index (κ3) is 5.08. The number of hydrogen-bond acceptors (Lipinski definition) is 3. The van der Waals surface area contributed by atoms with E-state index < -0.39 is 18.4 Å². The van der Waals surface area contributed by atoms with Crippen LogP contribution >= 0.6 is 0 Å². The predicted molar refractivity (Wildman–Crippen MR) is 46.4 cm³/mol. The van der Waals surface area contributed by atoms with Crippen molar-refractivity contribution in [3.05, 3.63) is 0 Å². The van der Waals surface area contributed by atoms with Gasteiger partial charge in [0.1, 0.15) is 0 Å². The third-order valence-corrected chi connectivity index (χ3v) is 1.73. The van der Waals surface area contributed by atoms with Gasteiger partial charge in [0.05, 0.1) is 6.54 Å². The molecule has 0 fully saturated rings. The molecule has 0 aliphatic carbocycles. The summed E-state index contributed by atoms with van der Waals surface area (Å²) in [5, 5.41) is 16.6. The molecule has 0 heterocycles. The first kappa shape index (κ1) is 13.2. The Bertz CT molecular complexity index is 187. The van der Waals surface area contributed by atoms with Gasteiger partial charge < -0.3 is 15.1 Å². The number of carboxylic acid groups (broad SMARTS) is 1. The molecule has 0 saturated heterocycles. The summed E-state index contributed by atoms with van der Waals surface area (Å²) in [5.74, 6) is -5.81. The van der Waals surface area contributed by atoms with Crippen molar-refractivity contribution in [1.29, 1.82) is 0 Å². The van der Waals surface area contributed by atoms with E-state index in [1.165, 1.54) is 11.9 Å². The quantitative estimate of drug-likeness (QED) is 0.599. The van der Waals surface area contributed by atoms with E-state index in [9.17, 15) is 13.6 Å². The van der Waals surface area contributed by atoms with Crippen molar-refractivity contribution in [1.82, 2.24) is 4.90 Å². The van der Waals surface area contributed by atoms with E-state index in [1.807, 2.05) is 0 Å². The van der Waals surface area contributed by atoms with Crippen molar-refractivity contribution in [2.75, 3.05) is 26.7 Å². The van der Waals surface area contributed by atoms with Crippen LogP contribution in [-0.2, 0) is 4.79 Å². The number of carboxylic acids is 1. The van der Waals surface area contributed by atoms with Gasteiger partial charge in [-0.25, -0.2) is 4.79 Å². The Labute approximate surface area is 81.1 Å². The third-order valence-electron chi connectivity index (χ3n) is 1.73. The molecule has 6 heteroatoms. The Balaban J connectivity index is 3.81. The molecular weight excluding hydrogens is 196 g/mol. The second-order valence-corrected chi connectivity index (χ2v) is 3.18. The van der Waals surface area contributed by atoms with E-state index in [-0.39, 0.29) is 6.61 Å². The lowest BCUT2D eigenvalue weighted by molar-refractivity contribution is -0.166. The number of nitrogens with zero attached hydrogens (tertiary/aromatic N) is 1. The Morgan fingerprint density at radius 3 is 2.43 bits per heavy atom. The molecule has 0 amide bonds. The van der Waals surface area contributed by atoms with Crippen LogP contribution in [0.25, 0.3) is 0 Å². The van der Waals surface area contributed by atoms with Gasteiger partial charge in [-0.2, -0.15) is 8.78 Å². The monoisotopic (exact) mass is 211 g/mol. The number of rotatable bonds is 7. The molecule has 4 nitrogen and oxygen atoms in total. The Hall–Kier alpha value is -0.750. The van der Waals surface area contributed by atoms with Crippen LogP contribution in [0.15, 0.2) is 0 Å². The van der Waals surface area contributed by atoms with Gasteiger partial charge in [-0.05, 0) is 26.4 Å². The SMILES string of the molecule is CN(CCCCO)CC(F)(F)C(=O)O. The highest BCUT2D eigenvalue weighted by atomic mass is 19.3. The van der Waals surface area contributed by atoms with E-state index in [0.717, 1.165) is 0 Å². The minimum absolute atomic E-state index is 0.0170. The van der Waals surface area contributed by atoms with Gasteiger partial charge in [0.2, 0.25) is 0 Å². The van der Waals surface area contributed by atoms with Gasteiger partial charge in [0, 0.05) is 6.61 Å². The zero-order valence-corrected chi connectivity index (χ0v) is 8.04. The lowest BCUT2D eigenvalue weighted by Crippen LogP contribution is -2.41. The Morgan fingerprint density at radius 1 is 1.43 bits per heavy atom. The molecule has 0 radical (unpaired) electrons. The highest BCUT2D eigenvalue weighted by molar-refractivity contribution is 5.75. The van der Waals surface area contributed by atoms with Crippen molar-refractivity contribution < 1.29 is 23.8 Å². The molecule has 0 aliphatic rings. The maximum absolute atomic E-state index is 12.6. The molecule has 0 aromatic rings. The number of aliphatic hydroxyl groups excluding tert-OH is 1. The summed E-state index contributed by atoms with van der Waals surface area (Å²) in [4.78, 5) is 11.3. The Kier molecular flexibility index (Phi) is 5.56. The fraction of sp³-hybridized carbons (Fsp3) is 0.875. The first-order valence-electron chi connectivity index (χ1n) is 4.31. The summed E-state index contributed by atoms with van der Waals surface area (Å²) < 4.78 is 25.2. The first-order chi connectivity index (χ1) is 6.40. The Morgan fingerprint density at radius 2 is 2.00 bits per heavy atom. The lowest BCUT2D eigenvalue weighted by Gasteiger charge is -2.20. The number of unbranched alkanes of at least 4 members (excludes halogenated alkanes) is 1. The van der Waals surface area contributed by atoms with E-state index in [4.69, 9.17) is 10.2 Å². The van der Waals surface area contributed by atoms with E-state index in [0.29, 0.717) is 19.4 Å². The van der Waals surface area contributed by atoms with Crippen LogP contribution in [0.3, 0.4) is 0 Å². The summed E-state index contributed by atoms with van der Waals surface area (Å²) in [6, 6.07) is 0. The maximum Gasteiger partial charge on any atom is 0.375 e. The number of alkyl halides is 2. The summed E-state index contributed by atoms with van der Waals surface area (Å²) in [6.07, 6.45) is 1.10. The summed E-state index contributed by atoms with van der Waals surface area (Å²) in [7, 11) is 1.42. The van der Waals surface area contributed by atoms with Crippen LogP contribution in [-0.4, -0.2) is 53.7 Å². The van der Waals surface area contributed by atoms with Gasteiger partial charge >= 0.3 is 11.9 Å². The molecule has 0 saturated carbocycles. The topological polar surface area (TPSA) is 60.8 Å². The van der Waals surface area contributed by atoms with Crippen molar-refractivity contribution in [2.24, 2.45) is 0 Å². The largest absolute Gasteiger partial charge is 0.477 e. The molecule has 0 aromatic carbocycles. The van der Waals surface area contributed by atoms with Crippen molar-refractivity contribution >= 4 is 5.97 Å². The predicted octanol–water partition coefficient (Wildman–Crippen LogP) is 0.411. The number of aliphatic hydroxyl groups is 1. The van der Waals surface area contributed by atoms with Gasteiger partial charge in [-0.3, -0.25) is 0 Å². The summed E-state index contributed by atoms with van der Waals surface area (Å²) >= 11 is 0. The van der Waals surface area contributed by atoms with E-state index in [2.05, 4.69) is 0 Å². The molecule has 0 bridgehead atoms. The average molecular weight is 211 g/mol. The minimum atomic E-state index is -3.70. The lowest BCUT2D eigenvalue weighted by atomic mass is 10.2. The number of carbonyl (C=O) groups is 1. The van der Waals surface area contributed by atoms with Gasteiger partial charge in [0.15, 0.2) is 0 Å². The summed E-state index contributed by atoms with van der Waals surface area (Å²) in [5.41, 5.74) is 0. The highest BCUT2D eigenvalue weighted by Crippen LogP contribution is 2.14. The van der Waals surface area contributed by atoms with Crippen LogP contribution < -0.4 is 0 Å². The van der Waals surface area contributed by atoms with Crippen LogP contribution in [0.4, 0.5) is 8.78 Å². The highest BCUT2D eigenvalue weighted by Gasteiger charge is 2.39. The van der Waals surface area contributed by atoms with Gasteiger partial charge in [-0.1, -0.05) is 0 Å². The smallest absolute Gasteiger partial charge is 0.375 e. The molecule has 0 aromatic heterocycles. The second-order valence-electron chi connectivity index (χ2n) is 3.18. The van der Waals surface area contributed by atoms with Crippen molar-refractivity contribution in [2.45, 2.75) is 18.8 Å². The zero-order valence-electron chi connectivity index (χ0n) is 8.04. The molecular formula is C8H15F2NO3. The zero-order chi connectivity index (χ0) is 11.2. The molecule has 0 aliphatic heterocycles. The number of hydrogen-bond donors (Lipinski definition) is 2. The average Bonchev–Trinajstić information content (AvgIpc) is 2.03. The normalized spacial score (nSPS) is 12.1. The molecule has 84 valence electrons. The number of halogens is 2. The van der Waals surface area contributed by atoms with Crippen LogP contribution in [0.5, 0.6) is 0 Å². The van der Waals surface area contributed by atoms with Crippen molar-refractivity contribution in [3.8, 4) is 0 Å². The summed E-state index contributed by atoms with van der Waals surface area (Å²) in [6.45, 7) is -0.430. The fourth-order valence-electron chi connectivity index (χ4n) is 0.979. The van der Waals surface area contributed by atoms with Gasteiger partial charge in [-0.15, -0.1) is 0 Å². The maximum atomic E-state index is 12.6. The van der Waals surface area contributed by atoms with E-state index >= 15 is 0 Å². The van der Waals surface area contributed by atoms with Crippen molar-refractivity contribution in [3.63, 3.8) is 0 Å². The van der Waals surface area contributed by atoms with Gasteiger partial charge in [0.25, 0.3) is 0 Å². The molecule has 14 heavy (non-hydrogen) atoms. The first-order valence-corrected chi connectivity index (χ1v) is 4.31. The second kappa shape index (κ2) is 5.87. The molecule has 2 N–H and O–H groups in total. The van der Waals surface area contributed by atoms with Crippen LogP contribution in [0.1, 0.15) is 12.8 Å². The molecule has 0 atom stereocenters. The van der Waals surface area contributed by atoms with E-state index in [1.54, 1.807) is 0 Å². The molecule has 0 rings (SSSR count). The molecule has 0 unspecified atom stereocenters. The standard InChI is InChI=1S/C8H15F2NO3/c1-11(4-2-3-5-12)6-8(9,10)7(13)14/h12H,2-6H2,1H3,(H,13,14). The minimum Gasteiger partial charge on any atom is -0.477 e. The fourth-order valence-corrected chi connectivity index (χ4v) is 0.979. The molecule has 0 spiro atoms. The van der Waals surface area contributed by atoms with Crippen LogP contribution in [0, 0.1) is 0 Å².